The van der Waals surface area contributed by atoms with Crippen molar-refractivity contribution in [2.24, 2.45) is 0 Å². The molecule has 0 spiro atoms. The smallest absolute Gasteiger partial charge is 0.251 e. The Morgan fingerprint density at radius 2 is 2.27 bits per heavy atom. The normalized spacial score (nSPS) is 13.9. The van der Waals surface area contributed by atoms with E-state index in [-0.39, 0.29) is 5.91 Å². The average molecular weight is 352 g/mol. The molecule has 0 aliphatic carbocycles. The Morgan fingerprint density at radius 3 is 3.12 bits per heavy atom. The van der Waals surface area contributed by atoms with E-state index in [2.05, 4.69) is 31.3 Å². The number of carbonyl (C=O) groups is 1. The Bertz CT molecular complexity index is 905. The number of aryl methyl sites for hydroxylation is 2. The third-order valence-electron chi connectivity index (χ3n) is 4.35. The highest BCUT2D eigenvalue weighted by atomic mass is 16.1. The summed E-state index contributed by atoms with van der Waals surface area (Å²) in [6.45, 7) is 4.93. The van der Waals surface area contributed by atoms with Gasteiger partial charge in [0.15, 0.2) is 5.82 Å². The standard InChI is InChI=1S/C17H20N8O/c1-12-20-22-23-25(12)15-5-2-4-13(8-15)17(26)19-10-14-9-16-11-18-6-3-7-24(16)21-14/h2,4-5,8-9,18H,3,6-7,10-11H2,1H3,(H,19,26). The summed E-state index contributed by atoms with van der Waals surface area (Å²) in [6.07, 6.45) is 1.06. The Morgan fingerprint density at radius 1 is 1.35 bits per heavy atom. The SMILES string of the molecule is Cc1nnnn1-c1cccc(C(=O)NCc2cc3n(n2)CCCNC3)c1. The summed E-state index contributed by atoms with van der Waals surface area (Å²) >= 11 is 0. The number of hydrogen-bond donors (Lipinski definition) is 2. The molecule has 1 aliphatic heterocycles. The predicted molar refractivity (Wildman–Crippen MR) is 93.6 cm³/mol. The second kappa shape index (κ2) is 7.04. The lowest BCUT2D eigenvalue weighted by molar-refractivity contribution is 0.0950. The van der Waals surface area contributed by atoms with Crippen molar-refractivity contribution in [1.82, 2.24) is 40.6 Å². The first-order valence-electron chi connectivity index (χ1n) is 8.60. The zero-order chi connectivity index (χ0) is 17.9. The molecule has 1 aromatic carbocycles. The van der Waals surface area contributed by atoms with Gasteiger partial charge in [0.25, 0.3) is 5.91 Å². The number of benzene rings is 1. The summed E-state index contributed by atoms with van der Waals surface area (Å²) in [4.78, 5) is 12.5. The van der Waals surface area contributed by atoms with Crippen LogP contribution >= 0.6 is 0 Å². The first-order chi connectivity index (χ1) is 12.7. The molecule has 0 radical (unpaired) electrons. The van der Waals surface area contributed by atoms with Crippen LogP contribution in [0.4, 0.5) is 0 Å². The van der Waals surface area contributed by atoms with Gasteiger partial charge in [-0.05, 0) is 54.6 Å². The van der Waals surface area contributed by atoms with Crippen molar-refractivity contribution in [2.75, 3.05) is 6.54 Å². The van der Waals surface area contributed by atoms with Crippen molar-refractivity contribution in [2.45, 2.75) is 33.0 Å². The summed E-state index contributed by atoms with van der Waals surface area (Å²) in [5.74, 6) is 0.509. The third-order valence-corrected chi connectivity index (χ3v) is 4.35. The molecule has 26 heavy (non-hydrogen) atoms. The quantitative estimate of drug-likeness (QED) is 0.712. The van der Waals surface area contributed by atoms with Gasteiger partial charge in [0.1, 0.15) is 0 Å². The molecule has 9 nitrogen and oxygen atoms in total. The van der Waals surface area contributed by atoms with Crippen molar-refractivity contribution in [3.63, 3.8) is 0 Å². The Hall–Kier alpha value is -3.07. The van der Waals surface area contributed by atoms with E-state index in [1.165, 1.54) is 0 Å². The van der Waals surface area contributed by atoms with Gasteiger partial charge in [-0.15, -0.1) is 5.10 Å². The molecule has 0 fully saturated rings. The van der Waals surface area contributed by atoms with E-state index in [1.807, 2.05) is 29.8 Å². The molecule has 9 heteroatoms. The van der Waals surface area contributed by atoms with Gasteiger partial charge in [-0.2, -0.15) is 9.78 Å². The molecule has 0 unspecified atom stereocenters. The van der Waals surface area contributed by atoms with Gasteiger partial charge in [-0.3, -0.25) is 9.48 Å². The van der Waals surface area contributed by atoms with E-state index < -0.39 is 0 Å². The molecule has 4 rings (SSSR count). The number of carbonyl (C=O) groups excluding carboxylic acids is 1. The van der Waals surface area contributed by atoms with Gasteiger partial charge in [0, 0.05) is 18.7 Å². The van der Waals surface area contributed by atoms with Crippen molar-refractivity contribution in [3.05, 3.63) is 53.1 Å². The van der Waals surface area contributed by atoms with Crippen LogP contribution in [0.2, 0.25) is 0 Å². The monoisotopic (exact) mass is 352 g/mol. The van der Waals surface area contributed by atoms with Gasteiger partial charge < -0.3 is 10.6 Å². The van der Waals surface area contributed by atoms with Crippen LogP contribution in [0.3, 0.4) is 0 Å². The van der Waals surface area contributed by atoms with E-state index in [0.29, 0.717) is 17.9 Å². The fourth-order valence-electron chi connectivity index (χ4n) is 3.03. The highest BCUT2D eigenvalue weighted by Gasteiger charge is 2.13. The van der Waals surface area contributed by atoms with Crippen molar-refractivity contribution in [3.8, 4) is 5.69 Å². The first kappa shape index (κ1) is 16.4. The van der Waals surface area contributed by atoms with Crippen molar-refractivity contribution >= 4 is 5.91 Å². The Labute approximate surface area is 150 Å². The van der Waals surface area contributed by atoms with Crippen molar-refractivity contribution in [1.29, 1.82) is 0 Å². The maximum atomic E-state index is 12.5. The van der Waals surface area contributed by atoms with Gasteiger partial charge in [0.05, 0.1) is 23.6 Å². The minimum atomic E-state index is -0.154. The second-order valence-electron chi connectivity index (χ2n) is 6.25. The molecular weight excluding hydrogens is 332 g/mol. The molecule has 1 aliphatic rings. The van der Waals surface area contributed by atoms with Crippen LogP contribution in [-0.4, -0.2) is 42.4 Å². The fourth-order valence-corrected chi connectivity index (χ4v) is 3.03. The molecule has 0 atom stereocenters. The van der Waals surface area contributed by atoms with Crippen LogP contribution in [0.5, 0.6) is 0 Å². The van der Waals surface area contributed by atoms with Gasteiger partial charge >= 0.3 is 0 Å². The lowest BCUT2D eigenvalue weighted by Gasteiger charge is -2.06. The van der Waals surface area contributed by atoms with E-state index in [4.69, 9.17) is 0 Å². The van der Waals surface area contributed by atoms with Gasteiger partial charge in [-0.25, -0.2) is 0 Å². The molecule has 2 N–H and O–H groups in total. The van der Waals surface area contributed by atoms with Crippen LogP contribution in [0.1, 0.15) is 34.0 Å². The molecule has 0 saturated carbocycles. The molecule has 1 amide bonds. The zero-order valence-corrected chi connectivity index (χ0v) is 14.5. The number of rotatable bonds is 4. The number of fused-ring (bicyclic) bond motifs is 1. The molecule has 0 bridgehead atoms. The number of nitrogens with one attached hydrogen (secondary N) is 2. The highest BCUT2D eigenvalue weighted by Crippen LogP contribution is 2.12. The maximum absolute atomic E-state index is 12.5. The van der Waals surface area contributed by atoms with Crippen LogP contribution in [-0.2, 0) is 19.6 Å². The van der Waals surface area contributed by atoms with Crippen LogP contribution in [0.15, 0.2) is 30.3 Å². The van der Waals surface area contributed by atoms with Crippen molar-refractivity contribution < 1.29 is 4.79 Å². The van der Waals surface area contributed by atoms with Gasteiger partial charge in [-0.1, -0.05) is 6.07 Å². The van der Waals surface area contributed by atoms with Crippen LogP contribution in [0.25, 0.3) is 5.69 Å². The Kier molecular flexibility index (Phi) is 4.44. The number of amides is 1. The number of hydrogen-bond acceptors (Lipinski definition) is 6. The topological polar surface area (TPSA) is 103 Å². The fraction of sp³-hybridized carbons (Fsp3) is 0.353. The molecule has 0 saturated heterocycles. The number of aromatic nitrogens is 6. The number of tetrazole rings is 1. The molecule has 134 valence electrons. The Balaban J connectivity index is 1.45. The minimum absolute atomic E-state index is 0.154. The van der Waals surface area contributed by atoms with Gasteiger partial charge in [0.2, 0.25) is 0 Å². The van der Waals surface area contributed by atoms with E-state index in [1.54, 1.807) is 16.8 Å². The number of nitrogens with zero attached hydrogens (tertiary/aromatic N) is 6. The lowest BCUT2D eigenvalue weighted by atomic mass is 10.2. The summed E-state index contributed by atoms with van der Waals surface area (Å²) in [7, 11) is 0. The summed E-state index contributed by atoms with van der Waals surface area (Å²) < 4.78 is 3.61. The van der Waals surface area contributed by atoms with E-state index in [0.717, 1.165) is 43.1 Å². The zero-order valence-electron chi connectivity index (χ0n) is 14.5. The minimum Gasteiger partial charge on any atom is -0.346 e. The summed E-state index contributed by atoms with van der Waals surface area (Å²) in [6, 6.07) is 9.25. The van der Waals surface area contributed by atoms with E-state index >= 15 is 0 Å². The first-order valence-corrected chi connectivity index (χ1v) is 8.60. The molecule has 3 heterocycles. The largest absolute Gasteiger partial charge is 0.346 e. The second-order valence-corrected chi connectivity index (χ2v) is 6.25. The lowest BCUT2D eigenvalue weighted by Crippen LogP contribution is -2.23. The predicted octanol–water partition coefficient (Wildman–Crippen LogP) is 0.591. The summed E-state index contributed by atoms with van der Waals surface area (Å²) in [5.41, 5.74) is 3.33. The molecular formula is C17H20N8O. The molecule has 3 aromatic rings. The summed E-state index contributed by atoms with van der Waals surface area (Å²) in [5, 5.41) is 22.3. The van der Waals surface area contributed by atoms with E-state index in [9.17, 15) is 4.79 Å². The van der Waals surface area contributed by atoms with Crippen LogP contribution in [0, 0.1) is 6.92 Å². The van der Waals surface area contributed by atoms with Crippen LogP contribution < -0.4 is 10.6 Å². The average Bonchev–Trinajstić information content (AvgIpc) is 3.19. The third kappa shape index (κ3) is 3.33. The highest BCUT2D eigenvalue weighted by molar-refractivity contribution is 5.94. The maximum Gasteiger partial charge on any atom is 0.251 e. The molecule has 2 aromatic heterocycles.